The third-order valence-corrected chi connectivity index (χ3v) is 4.13. The summed E-state index contributed by atoms with van der Waals surface area (Å²) in [5.74, 6) is 0.306. The van der Waals surface area contributed by atoms with Crippen LogP contribution in [0.15, 0.2) is 29.7 Å². The minimum atomic E-state index is -0.500. The van der Waals surface area contributed by atoms with Crippen LogP contribution in [0.3, 0.4) is 0 Å². The van der Waals surface area contributed by atoms with E-state index < -0.39 is 11.3 Å². The van der Waals surface area contributed by atoms with Gasteiger partial charge in [-0.05, 0) is 26.0 Å². The van der Waals surface area contributed by atoms with Crippen LogP contribution >= 0.6 is 11.8 Å². The van der Waals surface area contributed by atoms with Gasteiger partial charge in [0.05, 0.1) is 5.25 Å². The lowest BCUT2D eigenvalue weighted by molar-refractivity contribution is -0.119. The molecule has 0 aliphatic carbocycles. The third-order valence-electron chi connectivity index (χ3n) is 3.00. The zero-order valence-corrected chi connectivity index (χ0v) is 13.9. The van der Waals surface area contributed by atoms with Crippen molar-refractivity contribution >= 4 is 23.7 Å². The van der Waals surface area contributed by atoms with Gasteiger partial charge in [-0.1, -0.05) is 11.8 Å². The lowest BCUT2D eigenvalue weighted by atomic mass is 10.2. The van der Waals surface area contributed by atoms with E-state index in [2.05, 4.69) is 25.8 Å². The van der Waals surface area contributed by atoms with Crippen LogP contribution in [0.25, 0.3) is 11.4 Å². The second-order valence-corrected chi connectivity index (χ2v) is 6.02. The van der Waals surface area contributed by atoms with Crippen molar-refractivity contribution in [2.24, 2.45) is 7.05 Å². The van der Waals surface area contributed by atoms with Crippen LogP contribution in [0.5, 0.6) is 0 Å². The van der Waals surface area contributed by atoms with E-state index in [1.807, 2.05) is 19.2 Å². The zero-order chi connectivity index (χ0) is 16.8. The van der Waals surface area contributed by atoms with E-state index in [4.69, 9.17) is 0 Å². The summed E-state index contributed by atoms with van der Waals surface area (Å²) in [6.45, 7) is 3.95. The minimum Gasteiger partial charge on any atom is -0.338 e. The Kier molecular flexibility index (Phi) is 5.69. The number of amides is 3. The van der Waals surface area contributed by atoms with Crippen molar-refractivity contribution in [3.05, 3.63) is 24.5 Å². The fraction of sp³-hybridized carbons (Fsp3) is 0.357. The molecular formula is C14H18N6O2S. The molecule has 0 saturated carbocycles. The first kappa shape index (κ1) is 16.9. The molecule has 2 aromatic heterocycles. The van der Waals surface area contributed by atoms with Gasteiger partial charge in [-0.2, -0.15) is 0 Å². The molecular weight excluding hydrogens is 316 g/mol. The van der Waals surface area contributed by atoms with Gasteiger partial charge in [0, 0.05) is 31.5 Å². The largest absolute Gasteiger partial charge is 0.338 e. The topological polar surface area (TPSA) is 102 Å². The highest BCUT2D eigenvalue weighted by Crippen LogP contribution is 2.25. The molecule has 1 atom stereocenters. The second-order valence-electron chi connectivity index (χ2n) is 4.71. The molecule has 0 aliphatic heterocycles. The maximum atomic E-state index is 12.0. The average Bonchev–Trinajstić information content (AvgIpc) is 2.89. The highest BCUT2D eigenvalue weighted by molar-refractivity contribution is 8.00. The molecule has 9 heteroatoms. The summed E-state index contributed by atoms with van der Waals surface area (Å²) in [4.78, 5) is 27.3. The molecule has 0 aromatic carbocycles. The first-order chi connectivity index (χ1) is 11.0. The summed E-state index contributed by atoms with van der Waals surface area (Å²) < 4.78 is 1.80. The third kappa shape index (κ3) is 4.28. The smallest absolute Gasteiger partial charge is 0.321 e. The lowest BCUT2D eigenvalue weighted by Crippen LogP contribution is -2.42. The summed E-state index contributed by atoms with van der Waals surface area (Å²) in [6.07, 6.45) is 3.36. The molecule has 0 bridgehead atoms. The molecule has 0 saturated heterocycles. The van der Waals surface area contributed by atoms with Crippen LogP contribution in [-0.4, -0.2) is 43.5 Å². The lowest BCUT2D eigenvalue weighted by Gasteiger charge is -2.11. The number of hydrogen-bond acceptors (Lipinski definition) is 6. The first-order valence-corrected chi connectivity index (χ1v) is 7.96. The van der Waals surface area contributed by atoms with E-state index >= 15 is 0 Å². The van der Waals surface area contributed by atoms with Crippen molar-refractivity contribution in [2.75, 3.05) is 6.54 Å². The minimum absolute atomic E-state index is 0.380. The molecule has 8 nitrogen and oxygen atoms in total. The van der Waals surface area contributed by atoms with E-state index in [0.29, 0.717) is 17.5 Å². The Bertz CT molecular complexity index is 688. The predicted molar refractivity (Wildman–Crippen MR) is 86.8 cm³/mol. The first-order valence-electron chi connectivity index (χ1n) is 7.08. The van der Waals surface area contributed by atoms with E-state index in [1.165, 1.54) is 11.8 Å². The van der Waals surface area contributed by atoms with Crippen molar-refractivity contribution in [3.8, 4) is 11.4 Å². The standard InChI is InChI=1S/C14H18N6O2S/c1-4-16-13(22)17-12(21)9(2)23-14-19-18-11(20(14)3)10-5-7-15-8-6-10/h5-9H,4H2,1-3H3,(H2,16,17,21,22)/t9-/m1/s1. The molecule has 122 valence electrons. The van der Waals surface area contributed by atoms with Crippen molar-refractivity contribution in [1.82, 2.24) is 30.4 Å². The Morgan fingerprint density at radius 1 is 1.30 bits per heavy atom. The molecule has 0 aliphatic rings. The normalized spacial score (nSPS) is 11.8. The molecule has 0 unspecified atom stereocenters. The second kappa shape index (κ2) is 7.73. The number of imide groups is 1. The Hall–Kier alpha value is -2.42. The average molecular weight is 334 g/mol. The number of carbonyl (C=O) groups excluding carboxylic acids is 2. The number of nitrogens with zero attached hydrogens (tertiary/aromatic N) is 4. The molecule has 2 rings (SSSR count). The molecule has 0 spiro atoms. The monoisotopic (exact) mass is 334 g/mol. The van der Waals surface area contributed by atoms with Gasteiger partial charge in [-0.15, -0.1) is 10.2 Å². The molecule has 3 amide bonds. The fourth-order valence-electron chi connectivity index (χ4n) is 1.80. The number of aromatic nitrogens is 4. The number of nitrogens with one attached hydrogen (secondary N) is 2. The van der Waals surface area contributed by atoms with Gasteiger partial charge in [0.25, 0.3) is 0 Å². The van der Waals surface area contributed by atoms with Gasteiger partial charge in [0.2, 0.25) is 5.91 Å². The fourth-order valence-corrected chi connectivity index (χ4v) is 2.61. The van der Waals surface area contributed by atoms with Crippen LogP contribution in [0.1, 0.15) is 13.8 Å². The van der Waals surface area contributed by atoms with Crippen LogP contribution < -0.4 is 10.6 Å². The highest BCUT2D eigenvalue weighted by Gasteiger charge is 2.20. The van der Waals surface area contributed by atoms with E-state index in [1.54, 1.807) is 30.8 Å². The summed E-state index contributed by atoms with van der Waals surface area (Å²) in [7, 11) is 1.83. The predicted octanol–water partition coefficient (Wildman–Crippen LogP) is 1.20. The molecule has 2 heterocycles. The van der Waals surface area contributed by atoms with Gasteiger partial charge in [0.1, 0.15) is 0 Å². The van der Waals surface area contributed by atoms with E-state index in [-0.39, 0.29) is 5.91 Å². The molecule has 0 radical (unpaired) electrons. The number of carbonyl (C=O) groups is 2. The summed E-state index contributed by atoms with van der Waals surface area (Å²) in [5, 5.41) is 13.2. The van der Waals surface area contributed by atoms with E-state index in [9.17, 15) is 9.59 Å². The van der Waals surface area contributed by atoms with Crippen LogP contribution in [-0.2, 0) is 11.8 Å². The van der Waals surface area contributed by atoms with Crippen molar-refractivity contribution < 1.29 is 9.59 Å². The van der Waals surface area contributed by atoms with Gasteiger partial charge in [-0.3, -0.25) is 15.1 Å². The molecule has 2 aromatic rings. The Morgan fingerprint density at radius 3 is 2.65 bits per heavy atom. The highest BCUT2D eigenvalue weighted by atomic mass is 32.2. The summed E-state index contributed by atoms with van der Waals surface area (Å²) >= 11 is 1.24. The number of thioether (sulfide) groups is 1. The van der Waals surface area contributed by atoms with Crippen LogP contribution in [0.2, 0.25) is 0 Å². The Labute approximate surface area is 138 Å². The van der Waals surface area contributed by atoms with Gasteiger partial charge in [-0.25, -0.2) is 4.79 Å². The Balaban J connectivity index is 2.05. The maximum Gasteiger partial charge on any atom is 0.321 e. The summed E-state index contributed by atoms with van der Waals surface area (Å²) in [5.41, 5.74) is 0.890. The number of hydrogen-bond donors (Lipinski definition) is 2. The van der Waals surface area contributed by atoms with Crippen LogP contribution in [0.4, 0.5) is 4.79 Å². The van der Waals surface area contributed by atoms with Crippen LogP contribution in [0, 0.1) is 0 Å². The van der Waals surface area contributed by atoms with Gasteiger partial charge >= 0.3 is 6.03 Å². The number of urea groups is 1. The van der Waals surface area contributed by atoms with Crippen molar-refractivity contribution in [1.29, 1.82) is 0 Å². The van der Waals surface area contributed by atoms with Crippen molar-refractivity contribution in [3.63, 3.8) is 0 Å². The van der Waals surface area contributed by atoms with E-state index in [0.717, 1.165) is 5.56 Å². The van der Waals surface area contributed by atoms with Crippen molar-refractivity contribution in [2.45, 2.75) is 24.3 Å². The molecule has 2 N–H and O–H groups in total. The SMILES string of the molecule is CCNC(=O)NC(=O)[C@@H](C)Sc1nnc(-c2ccncc2)n1C. The summed E-state index contributed by atoms with van der Waals surface area (Å²) in [6, 6.07) is 3.17. The molecule has 0 fully saturated rings. The quantitative estimate of drug-likeness (QED) is 0.797. The number of pyridine rings is 1. The number of rotatable bonds is 5. The molecule has 23 heavy (non-hydrogen) atoms. The zero-order valence-electron chi connectivity index (χ0n) is 13.1. The maximum absolute atomic E-state index is 12.0. The van der Waals surface area contributed by atoms with Gasteiger partial charge < -0.3 is 9.88 Å². The Morgan fingerprint density at radius 2 is 2.00 bits per heavy atom. The van der Waals surface area contributed by atoms with Gasteiger partial charge in [0.15, 0.2) is 11.0 Å².